The van der Waals surface area contributed by atoms with Gasteiger partial charge in [0, 0.05) is 5.92 Å². The van der Waals surface area contributed by atoms with Crippen LogP contribution in [0.1, 0.15) is 31.0 Å². The van der Waals surface area contributed by atoms with Crippen molar-refractivity contribution in [1.29, 1.82) is 0 Å². The summed E-state index contributed by atoms with van der Waals surface area (Å²) in [6.07, 6.45) is 4.96. The first-order chi connectivity index (χ1) is 6.83. The highest BCUT2D eigenvalue weighted by Crippen LogP contribution is 2.34. The van der Waals surface area contributed by atoms with Gasteiger partial charge in [-0.15, -0.1) is 0 Å². The summed E-state index contributed by atoms with van der Waals surface area (Å²) >= 11 is 0. The average Bonchev–Trinajstić information content (AvgIpc) is 2.43. The van der Waals surface area contributed by atoms with Crippen LogP contribution in [0.5, 0.6) is 0 Å². The van der Waals surface area contributed by atoms with Crippen LogP contribution in [0.15, 0.2) is 18.3 Å². The van der Waals surface area contributed by atoms with Gasteiger partial charge in [-0.1, -0.05) is 6.42 Å². The van der Waals surface area contributed by atoms with E-state index in [4.69, 9.17) is 0 Å². The molecule has 0 bridgehead atoms. The zero-order chi connectivity index (χ0) is 9.54. The third-order valence-corrected chi connectivity index (χ3v) is 2.78. The second kappa shape index (κ2) is 2.77. The van der Waals surface area contributed by atoms with E-state index in [2.05, 4.69) is 10.1 Å². The minimum Gasteiger partial charge on any atom is -0.218 e. The molecule has 1 aliphatic carbocycles. The van der Waals surface area contributed by atoms with Crippen LogP contribution in [-0.2, 0) is 0 Å². The maximum Gasteiger partial charge on any atom is 0.155 e. The summed E-state index contributed by atoms with van der Waals surface area (Å²) in [5.74, 6) is 1.09. The molecule has 0 unspecified atom stereocenters. The van der Waals surface area contributed by atoms with Gasteiger partial charge in [0.25, 0.3) is 0 Å². The van der Waals surface area contributed by atoms with E-state index in [9.17, 15) is 4.39 Å². The van der Waals surface area contributed by atoms with Crippen LogP contribution in [0.4, 0.5) is 4.39 Å². The zero-order valence-electron chi connectivity index (χ0n) is 7.65. The molecule has 1 aliphatic rings. The van der Waals surface area contributed by atoms with Gasteiger partial charge in [0.15, 0.2) is 11.5 Å². The quantitative estimate of drug-likeness (QED) is 0.691. The third-order valence-electron chi connectivity index (χ3n) is 2.78. The van der Waals surface area contributed by atoms with Gasteiger partial charge >= 0.3 is 0 Å². The fourth-order valence-corrected chi connectivity index (χ4v) is 1.71. The number of pyridine rings is 1. The second-order valence-electron chi connectivity index (χ2n) is 3.75. The number of hydrogen-bond acceptors (Lipinski definition) is 2. The molecular formula is C10H10FN3. The molecule has 2 heterocycles. The zero-order valence-corrected chi connectivity index (χ0v) is 7.65. The lowest BCUT2D eigenvalue weighted by atomic mass is 9.85. The highest BCUT2D eigenvalue weighted by atomic mass is 19.1. The van der Waals surface area contributed by atoms with Crippen LogP contribution < -0.4 is 0 Å². The predicted octanol–water partition coefficient (Wildman–Crippen LogP) is 2.14. The van der Waals surface area contributed by atoms with Crippen molar-refractivity contribution in [1.82, 2.24) is 14.6 Å². The highest BCUT2D eigenvalue weighted by Gasteiger charge is 2.23. The van der Waals surface area contributed by atoms with Gasteiger partial charge in [-0.25, -0.2) is 13.9 Å². The Labute approximate surface area is 80.6 Å². The van der Waals surface area contributed by atoms with Crippen molar-refractivity contribution in [2.75, 3.05) is 0 Å². The fourth-order valence-electron chi connectivity index (χ4n) is 1.71. The molecule has 0 radical (unpaired) electrons. The molecule has 3 nitrogen and oxygen atoms in total. The number of rotatable bonds is 1. The van der Waals surface area contributed by atoms with Crippen LogP contribution in [0, 0.1) is 5.82 Å². The summed E-state index contributed by atoms with van der Waals surface area (Å²) in [7, 11) is 0. The van der Waals surface area contributed by atoms with Crippen molar-refractivity contribution in [2.45, 2.75) is 25.2 Å². The van der Waals surface area contributed by atoms with Crippen molar-refractivity contribution >= 4 is 5.65 Å². The summed E-state index contributed by atoms with van der Waals surface area (Å²) in [6, 6.07) is 3.07. The normalized spacial score (nSPS) is 17.2. The first kappa shape index (κ1) is 7.91. The fraction of sp³-hybridized carbons (Fsp3) is 0.400. The van der Waals surface area contributed by atoms with Gasteiger partial charge in [0.05, 0.1) is 6.20 Å². The van der Waals surface area contributed by atoms with E-state index in [0.717, 1.165) is 11.5 Å². The standard InChI is InChI=1S/C10H10FN3/c11-8-4-5-9-12-10(7-2-1-3-7)13-14(9)6-8/h4-7H,1-3H2. The topological polar surface area (TPSA) is 30.2 Å². The molecule has 2 aromatic heterocycles. The lowest BCUT2D eigenvalue weighted by Gasteiger charge is -2.21. The molecule has 2 aromatic rings. The van der Waals surface area contributed by atoms with E-state index in [-0.39, 0.29) is 5.82 Å². The summed E-state index contributed by atoms with van der Waals surface area (Å²) in [6.45, 7) is 0. The van der Waals surface area contributed by atoms with Crippen molar-refractivity contribution in [3.8, 4) is 0 Å². The molecule has 0 saturated heterocycles. The average molecular weight is 191 g/mol. The van der Waals surface area contributed by atoms with E-state index in [1.54, 1.807) is 6.07 Å². The summed E-state index contributed by atoms with van der Waals surface area (Å²) in [5, 5.41) is 4.26. The first-order valence-electron chi connectivity index (χ1n) is 4.85. The molecule has 0 N–H and O–H groups in total. The van der Waals surface area contributed by atoms with Gasteiger partial charge < -0.3 is 0 Å². The molecular weight excluding hydrogens is 181 g/mol. The lowest BCUT2D eigenvalue weighted by molar-refractivity contribution is 0.401. The second-order valence-corrected chi connectivity index (χ2v) is 3.75. The maximum absolute atomic E-state index is 12.9. The van der Waals surface area contributed by atoms with Crippen LogP contribution in [0.25, 0.3) is 5.65 Å². The number of halogens is 1. The van der Waals surface area contributed by atoms with Gasteiger partial charge in [-0.05, 0) is 25.0 Å². The first-order valence-corrected chi connectivity index (χ1v) is 4.85. The van der Waals surface area contributed by atoms with Gasteiger partial charge in [-0.2, -0.15) is 5.10 Å². The Morgan fingerprint density at radius 3 is 2.93 bits per heavy atom. The summed E-state index contributed by atoms with van der Waals surface area (Å²) in [4.78, 5) is 4.36. The molecule has 72 valence electrons. The van der Waals surface area contributed by atoms with Crippen molar-refractivity contribution in [3.63, 3.8) is 0 Å². The number of aromatic nitrogens is 3. The molecule has 14 heavy (non-hydrogen) atoms. The molecule has 0 aromatic carbocycles. The van der Waals surface area contributed by atoms with Crippen LogP contribution in [-0.4, -0.2) is 14.6 Å². The number of fused-ring (bicyclic) bond motifs is 1. The number of nitrogens with zero attached hydrogens (tertiary/aromatic N) is 3. The Morgan fingerprint density at radius 1 is 1.36 bits per heavy atom. The Bertz CT molecular complexity index is 473. The smallest absolute Gasteiger partial charge is 0.155 e. The molecule has 4 heteroatoms. The van der Waals surface area contributed by atoms with Gasteiger partial charge in [0.2, 0.25) is 0 Å². The van der Waals surface area contributed by atoms with Crippen LogP contribution >= 0.6 is 0 Å². The Balaban J connectivity index is 2.10. The van der Waals surface area contributed by atoms with E-state index in [1.807, 2.05) is 0 Å². The Morgan fingerprint density at radius 2 is 2.21 bits per heavy atom. The Hall–Kier alpha value is -1.45. The van der Waals surface area contributed by atoms with E-state index in [1.165, 1.54) is 36.0 Å². The molecule has 1 saturated carbocycles. The van der Waals surface area contributed by atoms with Crippen molar-refractivity contribution in [3.05, 3.63) is 30.0 Å². The summed E-state index contributed by atoms with van der Waals surface area (Å²) < 4.78 is 14.4. The molecule has 0 aliphatic heterocycles. The molecule has 1 fully saturated rings. The largest absolute Gasteiger partial charge is 0.218 e. The Kier molecular flexibility index (Phi) is 1.56. The molecule has 0 amide bonds. The molecule has 0 atom stereocenters. The van der Waals surface area contributed by atoms with Crippen molar-refractivity contribution < 1.29 is 4.39 Å². The minimum absolute atomic E-state index is 0.275. The maximum atomic E-state index is 12.9. The lowest BCUT2D eigenvalue weighted by Crippen LogP contribution is -2.10. The predicted molar refractivity (Wildman–Crippen MR) is 49.5 cm³/mol. The third kappa shape index (κ3) is 1.10. The minimum atomic E-state index is -0.275. The van der Waals surface area contributed by atoms with Crippen LogP contribution in [0.3, 0.4) is 0 Å². The number of hydrogen-bond donors (Lipinski definition) is 0. The summed E-state index contributed by atoms with van der Waals surface area (Å²) in [5.41, 5.74) is 0.730. The van der Waals surface area contributed by atoms with Crippen LogP contribution in [0.2, 0.25) is 0 Å². The molecule has 0 spiro atoms. The highest BCUT2D eigenvalue weighted by molar-refractivity contribution is 5.37. The molecule has 3 rings (SSSR count). The van der Waals surface area contributed by atoms with Gasteiger partial charge in [0.1, 0.15) is 5.82 Å². The SMILES string of the molecule is Fc1ccc2nc(C3CCC3)nn2c1. The van der Waals surface area contributed by atoms with E-state index < -0.39 is 0 Å². The van der Waals surface area contributed by atoms with E-state index >= 15 is 0 Å². The van der Waals surface area contributed by atoms with Gasteiger partial charge in [-0.3, -0.25) is 0 Å². The monoisotopic (exact) mass is 191 g/mol. The van der Waals surface area contributed by atoms with E-state index in [0.29, 0.717) is 5.92 Å². The van der Waals surface area contributed by atoms with Crippen molar-refractivity contribution in [2.24, 2.45) is 0 Å².